The first-order valence-corrected chi connectivity index (χ1v) is 5.60. The van der Waals surface area contributed by atoms with Gasteiger partial charge in [0, 0.05) is 12.8 Å². The van der Waals surface area contributed by atoms with Crippen molar-refractivity contribution >= 4 is 11.6 Å². The number of ketones is 2. The van der Waals surface area contributed by atoms with Crippen molar-refractivity contribution in [3.63, 3.8) is 0 Å². The van der Waals surface area contributed by atoms with Gasteiger partial charge in [-0.3, -0.25) is 0 Å². The van der Waals surface area contributed by atoms with E-state index >= 15 is 0 Å². The van der Waals surface area contributed by atoms with E-state index in [2.05, 4.69) is 0 Å². The minimum Gasteiger partial charge on any atom is -0.393 e. The predicted molar refractivity (Wildman–Crippen MR) is 63.2 cm³/mol. The number of carbonyl (C=O) groups excluding carboxylic acids is 2. The molecule has 0 spiro atoms. The van der Waals surface area contributed by atoms with Crippen LogP contribution in [-0.2, 0) is 9.59 Å². The van der Waals surface area contributed by atoms with Crippen LogP contribution in [0.2, 0.25) is 0 Å². The lowest BCUT2D eigenvalue weighted by Gasteiger charge is -2.04. The van der Waals surface area contributed by atoms with Gasteiger partial charge < -0.3 is 19.8 Å². The smallest absolute Gasteiger partial charge is 0.130 e. The van der Waals surface area contributed by atoms with Gasteiger partial charge in [0.2, 0.25) is 0 Å². The first-order valence-electron chi connectivity index (χ1n) is 5.60. The minimum atomic E-state index is -0.274. The standard InChI is InChI=1S/C6H14O2.C6H10O2/c2*1-5(7)3-4-6(2)8/h5-8H,3-4H2,1-2H3;3-4H2,1-2H3. The molecule has 0 heterocycles. The molecule has 0 fully saturated rings. The predicted octanol–water partition coefficient (Wildman–Crippen LogP) is 1.47. The fourth-order valence-electron chi connectivity index (χ4n) is 0.834. The van der Waals surface area contributed by atoms with Gasteiger partial charge in [0.25, 0.3) is 0 Å². The van der Waals surface area contributed by atoms with E-state index in [0.29, 0.717) is 25.7 Å². The fourth-order valence-corrected chi connectivity index (χ4v) is 0.834. The molecule has 0 aromatic heterocycles. The number of hydrogen-bond donors (Lipinski definition) is 2. The number of aliphatic hydroxyl groups is 2. The molecule has 0 aliphatic rings. The van der Waals surface area contributed by atoms with E-state index in [1.165, 1.54) is 13.8 Å². The lowest BCUT2D eigenvalue weighted by atomic mass is 10.1. The van der Waals surface area contributed by atoms with Crippen LogP contribution in [0.1, 0.15) is 53.4 Å². The molecule has 0 aliphatic carbocycles. The highest BCUT2D eigenvalue weighted by atomic mass is 16.3. The molecule has 2 unspecified atom stereocenters. The summed E-state index contributed by atoms with van der Waals surface area (Å²) >= 11 is 0. The number of rotatable bonds is 6. The molecule has 16 heavy (non-hydrogen) atoms. The number of Topliss-reactive ketones (excluding diaryl/α,β-unsaturated/α-hetero) is 2. The highest BCUT2D eigenvalue weighted by Crippen LogP contribution is 1.98. The summed E-state index contributed by atoms with van der Waals surface area (Å²) in [5, 5.41) is 17.4. The van der Waals surface area contributed by atoms with Crippen LogP contribution in [0.4, 0.5) is 0 Å². The highest BCUT2D eigenvalue weighted by Gasteiger charge is 1.98. The van der Waals surface area contributed by atoms with E-state index in [-0.39, 0.29) is 23.8 Å². The van der Waals surface area contributed by atoms with Crippen molar-refractivity contribution in [1.29, 1.82) is 0 Å². The third-order valence-electron chi connectivity index (χ3n) is 1.83. The minimum absolute atomic E-state index is 0.0835. The monoisotopic (exact) mass is 232 g/mol. The van der Waals surface area contributed by atoms with Gasteiger partial charge in [-0.15, -0.1) is 0 Å². The Morgan fingerprint density at radius 1 is 0.875 bits per heavy atom. The van der Waals surface area contributed by atoms with Gasteiger partial charge in [-0.25, -0.2) is 0 Å². The lowest BCUT2D eigenvalue weighted by Crippen LogP contribution is -2.06. The van der Waals surface area contributed by atoms with Crippen molar-refractivity contribution in [2.75, 3.05) is 0 Å². The summed E-state index contributed by atoms with van der Waals surface area (Å²) in [6.45, 7) is 6.43. The van der Waals surface area contributed by atoms with Crippen molar-refractivity contribution in [2.45, 2.75) is 65.6 Å². The normalized spacial score (nSPS) is 13.4. The molecule has 4 nitrogen and oxygen atoms in total. The zero-order chi connectivity index (χ0) is 13.1. The second kappa shape index (κ2) is 10.8. The molecule has 0 amide bonds. The topological polar surface area (TPSA) is 74.6 Å². The van der Waals surface area contributed by atoms with E-state index in [1.54, 1.807) is 13.8 Å². The Hall–Kier alpha value is -0.740. The van der Waals surface area contributed by atoms with Gasteiger partial charge >= 0.3 is 0 Å². The first-order chi connectivity index (χ1) is 7.25. The van der Waals surface area contributed by atoms with Crippen LogP contribution in [0.5, 0.6) is 0 Å². The van der Waals surface area contributed by atoms with Crippen molar-refractivity contribution in [3.8, 4) is 0 Å². The molecule has 2 atom stereocenters. The molecule has 0 aromatic rings. The Labute approximate surface area is 97.7 Å². The van der Waals surface area contributed by atoms with Gasteiger partial charge in [-0.2, -0.15) is 0 Å². The molecular weight excluding hydrogens is 208 g/mol. The summed E-state index contributed by atoms with van der Waals surface area (Å²) < 4.78 is 0. The van der Waals surface area contributed by atoms with Gasteiger partial charge in [0.1, 0.15) is 11.6 Å². The summed E-state index contributed by atoms with van der Waals surface area (Å²) in [6, 6.07) is 0. The molecule has 0 saturated carbocycles. The van der Waals surface area contributed by atoms with Crippen molar-refractivity contribution in [2.24, 2.45) is 0 Å². The average molecular weight is 232 g/mol. The maximum Gasteiger partial charge on any atom is 0.130 e. The Morgan fingerprint density at radius 3 is 1.25 bits per heavy atom. The van der Waals surface area contributed by atoms with Crippen LogP contribution in [0, 0.1) is 0 Å². The maximum atomic E-state index is 10.2. The van der Waals surface area contributed by atoms with Crippen molar-refractivity contribution in [1.82, 2.24) is 0 Å². The summed E-state index contributed by atoms with van der Waals surface area (Å²) in [5.74, 6) is 0.167. The van der Waals surface area contributed by atoms with Crippen LogP contribution in [0.25, 0.3) is 0 Å². The second-order valence-electron chi connectivity index (χ2n) is 4.18. The van der Waals surface area contributed by atoms with Crippen LogP contribution < -0.4 is 0 Å². The van der Waals surface area contributed by atoms with E-state index in [9.17, 15) is 9.59 Å². The number of aliphatic hydroxyl groups excluding tert-OH is 2. The third-order valence-corrected chi connectivity index (χ3v) is 1.83. The second-order valence-corrected chi connectivity index (χ2v) is 4.18. The first kappa shape index (κ1) is 17.6. The molecule has 0 aromatic carbocycles. The van der Waals surface area contributed by atoms with E-state index < -0.39 is 0 Å². The molecular formula is C12H24O4. The Balaban J connectivity index is 0. The number of hydrogen-bond acceptors (Lipinski definition) is 4. The molecule has 0 rings (SSSR count). The Bertz CT molecular complexity index is 175. The molecule has 0 saturated heterocycles. The molecule has 4 heteroatoms. The van der Waals surface area contributed by atoms with Crippen LogP contribution >= 0.6 is 0 Å². The average Bonchev–Trinajstić information content (AvgIpc) is 2.12. The number of carbonyl (C=O) groups is 2. The Kier molecular flexibility index (Phi) is 11.9. The third kappa shape index (κ3) is 23.2. The van der Waals surface area contributed by atoms with Gasteiger partial charge in [0.15, 0.2) is 0 Å². The Morgan fingerprint density at radius 2 is 1.12 bits per heavy atom. The lowest BCUT2D eigenvalue weighted by molar-refractivity contribution is -0.122. The zero-order valence-electron chi connectivity index (χ0n) is 10.7. The molecule has 0 bridgehead atoms. The molecule has 2 N–H and O–H groups in total. The molecule has 96 valence electrons. The summed E-state index contributed by atoms with van der Waals surface area (Å²) in [6.07, 6.45) is 1.63. The van der Waals surface area contributed by atoms with Crippen molar-refractivity contribution in [3.05, 3.63) is 0 Å². The molecule has 0 aliphatic heterocycles. The van der Waals surface area contributed by atoms with Gasteiger partial charge in [-0.05, 0) is 40.5 Å². The van der Waals surface area contributed by atoms with Gasteiger partial charge in [-0.1, -0.05) is 0 Å². The maximum absolute atomic E-state index is 10.2. The summed E-state index contributed by atoms with van der Waals surface area (Å²) in [4.78, 5) is 20.4. The summed E-state index contributed by atoms with van der Waals surface area (Å²) in [5.41, 5.74) is 0. The van der Waals surface area contributed by atoms with E-state index in [0.717, 1.165) is 0 Å². The van der Waals surface area contributed by atoms with E-state index in [1.807, 2.05) is 0 Å². The molecule has 0 radical (unpaired) electrons. The van der Waals surface area contributed by atoms with Crippen molar-refractivity contribution < 1.29 is 19.8 Å². The quantitative estimate of drug-likeness (QED) is 0.727. The largest absolute Gasteiger partial charge is 0.393 e. The van der Waals surface area contributed by atoms with Crippen LogP contribution in [0.15, 0.2) is 0 Å². The SMILES string of the molecule is CC(=O)CCC(C)=O.CC(O)CCC(C)O. The van der Waals surface area contributed by atoms with E-state index in [4.69, 9.17) is 10.2 Å². The zero-order valence-corrected chi connectivity index (χ0v) is 10.7. The van der Waals surface area contributed by atoms with Crippen LogP contribution in [-0.4, -0.2) is 34.0 Å². The fraction of sp³-hybridized carbons (Fsp3) is 0.833. The highest BCUT2D eigenvalue weighted by molar-refractivity contribution is 5.83. The summed E-state index contributed by atoms with van der Waals surface area (Å²) in [7, 11) is 0. The van der Waals surface area contributed by atoms with Gasteiger partial charge in [0.05, 0.1) is 12.2 Å². The van der Waals surface area contributed by atoms with Crippen LogP contribution in [0.3, 0.4) is 0 Å².